The van der Waals surface area contributed by atoms with Crippen molar-refractivity contribution in [2.24, 2.45) is 5.92 Å². The number of carbonyl (C=O) groups excluding carboxylic acids is 1. The summed E-state index contributed by atoms with van der Waals surface area (Å²) in [6, 6.07) is 21.8. The predicted octanol–water partition coefficient (Wildman–Crippen LogP) is 6.48. The molecule has 0 bridgehead atoms. The predicted molar refractivity (Wildman–Crippen MR) is 144 cm³/mol. The van der Waals surface area contributed by atoms with Gasteiger partial charge in [-0.3, -0.25) is 0 Å². The van der Waals surface area contributed by atoms with E-state index in [9.17, 15) is 4.79 Å². The highest BCUT2D eigenvalue weighted by Gasteiger charge is 2.22. The summed E-state index contributed by atoms with van der Waals surface area (Å²) in [5.74, 6) is 1.23. The summed E-state index contributed by atoms with van der Waals surface area (Å²) in [7, 11) is 0. The number of tetrazole rings is 1. The number of hydrogen-bond acceptors (Lipinski definition) is 5. The molecule has 0 aliphatic heterocycles. The lowest BCUT2D eigenvalue weighted by Gasteiger charge is -2.24. The maximum absolute atomic E-state index is 13.0. The molecule has 5 rings (SSSR count). The van der Waals surface area contributed by atoms with Gasteiger partial charge in [0.25, 0.3) is 0 Å². The number of aromatic amines is 1. The minimum Gasteiger partial charge on any atom is -0.381 e. The van der Waals surface area contributed by atoms with Crippen LogP contribution in [0, 0.1) is 12.8 Å². The van der Waals surface area contributed by atoms with Crippen LogP contribution in [0.4, 0.5) is 21.9 Å². The first-order valence-electron chi connectivity index (χ1n) is 12.5. The molecule has 8 nitrogen and oxygen atoms in total. The van der Waals surface area contributed by atoms with E-state index in [1.807, 2.05) is 67.6 Å². The molecule has 0 saturated heterocycles. The molecule has 1 aliphatic rings. The third-order valence-electron chi connectivity index (χ3n) is 6.91. The third-order valence-corrected chi connectivity index (χ3v) is 6.91. The van der Waals surface area contributed by atoms with E-state index in [2.05, 4.69) is 49.6 Å². The number of aromatic nitrogens is 4. The zero-order valence-electron chi connectivity index (χ0n) is 20.6. The normalized spacial score (nSPS) is 14.4. The van der Waals surface area contributed by atoms with Crippen molar-refractivity contribution in [3.8, 4) is 22.5 Å². The maximum Gasteiger partial charge on any atom is 0.323 e. The molecule has 2 amide bonds. The molecule has 1 aromatic heterocycles. The van der Waals surface area contributed by atoms with Gasteiger partial charge in [-0.2, -0.15) is 0 Å². The van der Waals surface area contributed by atoms with Crippen molar-refractivity contribution in [2.75, 3.05) is 16.0 Å². The molecule has 8 heteroatoms. The number of rotatable bonds is 7. The van der Waals surface area contributed by atoms with Crippen LogP contribution in [-0.4, -0.2) is 32.7 Å². The van der Waals surface area contributed by atoms with Gasteiger partial charge in [0.05, 0.1) is 11.4 Å². The van der Waals surface area contributed by atoms with Crippen LogP contribution in [0.15, 0.2) is 66.7 Å². The largest absolute Gasteiger partial charge is 0.381 e. The van der Waals surface area contributed by atoms with Gasteiger partial charge in [-0.15, -0.1) is 5.10 Å². The molecular formula is C28H31N7O. The highest BCUT2D eigenvalue weighted by Crippen LogP contribution is 2.36. The van der Waals surface area contributed by atoms with E-state index >= 15 is 0 Å². The third kappa shape index (κ3) is 5.38. The smallest absolute Gasteiger partial charge is 0.323 e. The summed E-state index contributed by atoms with van der Waals surface area (Å²) in [5.41, 5.74) is 6.30. The lowest BCUT2D eigenvalue weighted by Crippen LogP contribution is -2.25. The van der Waals surface area contributed by atoms with Gasteiger partial charge in [0.2, 0.25) is 0 Å². The molecule has 1 unspecified atom stereocenters. The first-order chi connectivity index (χ1) is 17.6. The Morgan fingerprint density at radius 3 is 2.42 bits per heavy atom. The summed E-state index contributed by atoms with van der Waals surface area (Å²) in [6.07, 6.45) is 5.04. The summed E-state index contributed by atoms with van der Waals surface area (Å²) in [4.78, 5) is 13.0. The highest BCUT2D eigenvalue weighted by molar-refractivity contribution is 6.02. The van der Waals surface area contributed by atoms with Gasteiger partial charge in [-0.05, 0) is 78.4 Å². The van der Waals surface area contributed by atoms with Crippen molar-refractivity contribution < 1.29 is 4.79 Å². The average molecular weight is 482 g/mol. The molecule has 1 atom stereocenters. The van der Waals surface area contributed by atoms with Crippen molar-refractivity contribution in [3.05, 3.63) is 72.3 Å². The van der Waals surface area contributed by atoms with Gasteiger partial charge in [0, 0.05) is 17.3 Å². The van der Waals surface area contributed by atoms with E-state index in [4.69, 9.17) is 0 Å². The highest BCUT2D eigenvalue weighted by atomic mass is 16.2. The monoisotopic (exact) mass is 481 g/mol. The molecule has 184 valence electrons. The van der Waals surface area contributed by atoms with E-state index in [-0.39, 0.29) is 6.03 Å². The van der Waals surface area contributed by atoms with E-state index < -0.39 is 0 Å². The summed E-state index contributed by atoms with van der Waals surface area (Å²) < 4.78 is 0. The van der Waals surface area contributed by atoms with Crippen LogP contribution in [0.1, 0.15) is 38.2 Å². The molecule has 3 aromatic carbocycles. The molecule has 0 spiro atoms. The second-order valence-electron chi connectivity index (χ2n) is 9.48. The van der Waals surface area contributed by atoms with E-state index in [1.165, 1.54) is 25.7 Å². The quantitative estimate of drug-likeness (QED) is 0.242. The fraction of sp³-hybridized carbons (Fsp3) is 0.286. The fourth-order valence-corrected chi connectivity index (χ4v) is 4.90. The number of nitrogens with zero attached hydrogens (tertiary/aromatic N) is 3. The molecule has 4 aromatic rings. The van der Waals surface area contributed by atoms with Crippen molar-refractivity contribution in [1.29, 1.82) is 0 Å². The minimum absolute atomic E-state index is 0.291. The second-order valence-corrected chi connectivity index (χ2v) is 9.48. The lowest BCUT2D eigenvalue weighted by atomic mass is 9.97. The Morgan fingerprint density at radius 1 is 0.944 bits per heavy atom. The van der Waals surface area contributed by atoms with Gasteiger partial charge in [-0.1, -0.05) is 60.9 Å². The number of amides is 2. The number of aryl methyl sites for hydroxylation is 1. The van der Waals surface area contributed by atoms with Gasteiger partial charge in [-0.25, -0.2) is 9.89 Å². The number of H-pyrrole nitrogens is 1. The molecule has 1 aliphatic carbocycles. The Hall–Kier alpha value is -4.20. The van der Waals surface area contributed by atoms with Crippen LogP contribution in [0.2, 0.25) is 0 Å². The van der Waals surface area contributed by atoms with Crippen LogP contribution >= 0.6 is 0 Å². The van der Waals surface area contributed by atoms with Crippen LogP contribution in [0.3, 0.4) is 0 Å². The standard InChI is InChI=1S/C28H31N7O/c1-18-11-14-22(15-12-18)30-28(36)31-26-17-21(13-16-25(26)29-19(2)20-7-3-4-8-20)23-9-5-6-10-24(23)27-32-34-35-33-27/h5-6,9-17,19-20,29H,3-4,7-8H2,1-2H3,(H2,30,31,36)(H,32,33,34,35). The number of urea groups is 1. The first-order valence-corrected chi connectivity index (χ1v) is 12.5. The molecule has 1 heterocycles. The average Bonchev–Trinajstić information content (AvgIpc) is 3.61. The molecule has 4 N–H and O–H groups in total. The minimum atomic E-state index is -0.291. The molecule has 0 radical (unpaired) electrons. The number of carbonyl (C=O) groups is 1. The molecule has 1 fully saturated rings. The molecule has 36 heavy (non-hydrogen) atoms. The van der Waals surface area contributed by atoms with Crippen LogP contribution in [0.5, 0.6) is 0 Å². The fourth-order valence-electron chi connectivity index (χ4n) is 4.90. The Morgan fingerprint density at radius 2 is 1.69 bits per heavy atom. The zero-order valence-corrected chi connectivity index (χ0v) is 20.6. The Kier molecular flexibility index (Phi) is 6.93. The second kappa shape index (κ2) is 10.6. The van der Waals surface area contributed by atoms with Gasteiger partial charge >= 0.3 is 6.03 Å². The molecule has 1 saturated carbocycles. The lowest BCUT2D eigenvalue weighted by molar-refractivity contribution is 0.262. The SMILES string of the molecule is Cc1ccc(NC(=O)Nc2cc(-c3ccccc3-c3nnn[nH]3)ccc2NC(C)C2CCCC2)cc1. The Balaban J connectivity index is 1.46. The van der Waals surface area contributed by atoms with Gasteiger partial charge in [0.15, 0.2) is 5.82 Å². The summed E-state index contributed by atoms with van der Waals surface area (Å²) >= 11 is 0. The number of anilines is 3. The van der Waals surface area contributed by atoms with Crippen molar-refractivity contribution in [3.63, 3.8) is 0 Å². The first kappa shape index (κ1) is 23.5. The van der Waals surface area contributed by atoms with E-state index in [1.54, 1.807) is 0 Å². The molecular weight excluding hydrogens is 450 g/mol. The number of benzene rings is 3. The van der Waals surface area contributed by atoms with Crippen molar-refractivity contribution >= 4 is 23.1 Å². The zero-order chi connectivity index (χ0) is 24.9. The van der Waals surface area contributed by atoms with Crippen LogP contribution < -0.4 is 16.0 Å². The van der Waals surface area contributed by atoms with Gasteiger partial charge in [0.1, 0.15) is 0 Å². The maximum atomic E-state index is 13.0. The van der Waals surface area contributed by atoms with Gasteiger partial charge < -0.3 is 16.0 Å². The van der Waals surface area contributed by atoms with E-state index in [0.717, 1.165) is 33.6 Å². The Labute approximate surface area is 210 Å². The van der Waals surface area contributed by atoms with Crippen LogP contribution in [0.25, 0.3) is 22.5 Å². The van der Waals surface area contributed by atoms with Crippen molar-refractivity contribution in [1.82, 2.24) is 20.6 Å². The summed E-state index contributed by atoms with van der Waals surface area (Å²) in [6.45, 7) is 4.25. The van der Waals surface area contributed by atoms with E-state index in [0.29, 0.717) is 23.5 Å². The summed E-state index contributed by atoms with van der Waals surface area (Å²) in [5, 5.41) is 24.1. The Bertz CT molecular complexity index is 1310. The number of nitrogens with one attached hydrogen (secondary N) is 4. The topological polar surface area (TPSA) is 108 Å². The number of hydrogen-bond donors (Lipinski definition) is 4. The van der Waals surface area contributed by atoms with Crippen molar-refractivity contribution in [2.45, 2.75) is 45.6 Å². The van der Waals surface area contributed by atoms with Crippen LogP contribution in [-0.2, 0) is 0 Å².